The normalized spacial score (nSPS) is 19.7. The van der Waals surface area contributed by atoms with Crippen LogP contribution in [0.15, 0.2) is 53.7 Å². The summed E-state index contributed by atoms with van der Waals surface area (Å²) in [5, 5.41) is 10.3. The molecule has 3 aromatic rings. The smallest absolute Gasteiger partial charge is 0.220 e. The summed E-state index contributed by atoms with van der Waals surface area (Å²) < 4.78 is 34.5. The molecule has 5 rings (SSSR count). The van der Waals surface area contributed by atoms with Crippen molar-refractivity contribution in [1.29, 1.82) is 0 Å². The summed E-state index contributed by atoms with van der Waals surface area (Å²) in [5.41, 5.74) is 6.84. The van der Waals surface area contributed by atoms with Crippen LogP contribution in [-0.2, 0) is 5.54 Å². The van der Waals surface area contributed by atoms with Gasteiger partial charge >= 0.3 is 0 Å². The van der Waals surface area contributed by atoms with E-state index in [1.807, 2.05) is 0 Å². The third-order valence-corrected chi connectivity index (χ3v) is 5.86. The first-order valence-corrected chi connectivity index (χ1v) is 9.41. The molecular weight excluding hydrogens is 384 g/mol. The predicted octanol–water partition coefficient (Wildman–Crippen LogP) is 4.14. The molecule has 0 saturated carbocycles. The van der Waals surface area contributed by atoms with E-state index in [4.69, 9.17) is 10.5 Å². The lowest BCUT2D eigenvalue weighted by molar-refractivity contribution is 0.381. The highest BCUT2D eigenvalue weighted by Crippen LogP contribution is 2.55. The Bertz CT molecular complexity index is 1170. The Morgan fingerprint density at radius 2 is 2.00 bits per heavy atom. The quantitative estimate of drug-likeness (QED) is 0.603. The summed E-state index contributed by atoms with van der Waals surface area (Å²) in [6.07, 6.45) is 1.38. The maximum absolute atomic E-state index is 14.5. The molecular formula is C20H13F2N3O2S. The van der Waals surface area contributed by atoms with E-state index < -0.39 is 17.3 Å². The number of hydrogen-bond acceptors (Lipinski definition) is 6. The van der Waals surface area contributed by atoms with Crippen molar-refractivity contribution in [2.75, 3.05) is 5.75 Å². The molecule has 140 valence electrons. The summed E-state index contributed by atoms with van der Waals surface area (Å²) in [5.74, 6) is -0.699. The van der Waals surface area contributed by atoms with E-state index in [1.54, 1.807) is 30.3 Å². The van der Waals surface area contributed by atoms with Gasteiger partial charge in [-0.1, -0.05) is 17.8 Å². The van der Waals surface area contributed by atoms with Crippen molar-refractivity contribution in [2.45, 2.75) is 5.54 Å². The summed E-state index contributed by atoms with van der Waals surface area (Å²) >= 11 is 1.33. The molecule has 2 aliphatic rings. The fraction of sp³-hybridized carbons (Fsp3) is 0.100. The van der Waals surface area contributed by atoms with E-state index in [2.05, 4.69) is 9.98 Å². The van der Waals surface area contributed by atoms with Crippen LogP contribution < -0.4 is 10.5 Å². The van der Waals surface area contributed by atoms with Gasteiger partial charge in [-0.25, -0.2) is 14.4 Å². The maximum atomic E-state index is 14.5. The molecule has 0 amide bonds. The van der Waals surface area contributed by atoms with Gasteiger partial charge in [0.25, 0.3) is 0 Å². The zero-order valence-corrected chi connectivity index (χ0v) is 15.1. The number of aromatic hydroxyl groups is 1. The highest BCUT2D eigenvalue weighted by Gasteiger charge is 2.47. The number of thioether (sulfide) groups is 1. The average Bonchev–Trinajstić information content (AvgIpc) is 3.06. The van der Waals surface area contributed by atoms with E-state index in [1.165, 1.54) is 24.0 Å². The molecule has 2 aliphatic heterocycles. The molecule has 2 aromatic carbocycles. The van der Waals surface area contributed by atoms with E-state index in [9.17, 15) is 13.9 Å². The number of aliphatic imine (C=N–C) groups is 1. The monoisotopic (exact) mass is 397 g/mol. The first kappa shape index (κ1) is 17.0. The van der Waals surface area contributed by atoms with Crippen molar-refractivity contribution in [3.05, 3.63) is 71.6 Å². The van der Waals surface area contributed by atoms with Crippen molar-refractivity contribution in [2.24, 2.45) is 10.7 Å². The second kappa shape index (κ2) is 5.93. The Morgan fingerprint density at radius 3 is 2.75 bits per heavy atom. The molecule has 8 heteroatoms. The minimum absolute atomic E-state index is 0.00431. The van der Waals surface area contributed by atoms with Gasteiger partial charge in [0.1, 0.15) is 17.0 Å². The van der Waals surface area contributed by atoms with Crippen molar-refractivity contribution >= 4 is 16.9 Å². The van der Waals surface area contributed by atoms with Gasteiger partial charge in [-0.05, 0) is 35.9 Å². The average molecular weight is 397 g/mol. The number of phenols is 1. The second-order valence-corrected chi connectivity index (χ2v) is 7.55. The second-order valence-electron chi connectivity index (χ2n) is 6.56. The van der Waals surface area contributed by atoms with Crippen LogP contribution in [0.1, 0.15) is 11.1 Å². The zero-order valence-electron chi connectivity index (χ0n) is 14.3. The fourth-order valence-corrected chi connectivity index (χ4v) is 4.62. The summed E-state index contributed by atoms with van der Waals surface area (Å²) in [6.45, 7) is 0. The molecule has 1 atom stereocenters. The predicted molar refractivity (Wildman–Crippen MR) is 103 cm³/mol. The molecule has 0 fully saturated rings. The van der Waals surface area contributed by atoms with E-state index in [0.717, 1.165) is 6.07 Å². The molecule has 1 aromatic heterocycles. The highest BCUT2D eigenvalue weighted by atomic mass is 32.2. The molecule has 5 nitrogen and oxygen atoms in total. The van der Waals surface area contributed by atoms with Crippen LogP contribution in [0.2, 0.25) is 0 Å². The minimum atomic E-state index is -1.04. The SMILES string of the molecule is NC1=NC2(CS1)c1cc(-c3cccnc3F)ccc1Oc1c(F)cc(O)cc12. The molecule has 3 N–H and O–H groups in total. The summed E-state index contributed by atoms with van der Waals surface area (Å²) in [7, 11) is 0. The van der Waals surface area contributed by atoms with Crippen LogP contribution in [0.25, 0.3) is 11.1 Å². The Hall–Kier alpha value is -3.13. The number of hydrogen-bond donors (Lipinski definition) is 2. The zero-order chi connectivity index (χ0) is 19.5. The maximum Gasteiger partial charge on any atom is 0.220 e. The van der Waals surface area contributed by atoms with Crippen LogP contribution >= 0.6 is 11.8 Å². The molecule has 0 bridgehead atoms. The number of pyridine rings is 1. The van der Waals surface area contributed by atoms with Gasteiger partial charge in [-0.2, -0.15) is 4.39 Å². The largest absolute Gasteiger partial charge is 0.508 e. The summed E-state index contributed by atoms with van der Waals surface area (Å²) in [4.78, 5) is 8.29. The first-order valence-electron chi connectivity index (χ1n) is 8.42. The molecule has 28 heavy (non-hydrogen) atoms. The van der Waals surface area contributed by atoms with Gasteiger partial charge in [0.05, 0.1) is 0 Å². The standard InChI is InChI=1S/C20H13F2N3O2S/c21-15-8-11(26)7-14-17(15)27-16-4-3-10(12-2-1-5-24-18(12)22)6-13(16)20(14)9-28-19(23)25-20/h1-8,26H,9H2,(H2,23,25). The highest BCUT2D eigenvalue weighted by molar-refractivity contribution is 8.14. The molecule has 0 radical (unpaired) electrons. The van der Waals surface area contributed by atoms with Gasteiger partial charge in [-0.3, -0.25) is 0 Å². The number of aromatic nitrogens is 1. The summed E-state index contributed by atoms with van der Waals surface area (Å²) in [6, 6.07) is 10.8. The molecule has 1 unspecified atom stereocenters. The van der Waals surface area contributed by atoms with E-state index in [-0.39, 0.29) is 11.5 Å². The number of ether oxygens (including phenoxy) is 1. The fourth-order valence-electron chi connectivity index (χ4n) is 3.66. The molecule has 1 spiro atoms. The van der Waals surface area contributed by atoms with Crippen LogP contribution in [0, 0.1) is 11.8 Å². The van der Waals surface area contributed by atoms with Crippen LogP contribution in [0.4, 0.5) is 8.78 Å². The van der Waals surface area contributed by atoms with Crippen LogP contribution in [0.3, 0.4) is 0 Å². The minimum Gasteiger partial charge on any atom is -0.508 e. The van der Waals surface area contributed by atoms with Crippen molar-refractivity contribution in [1.82, 2.24) is 4.98 Å². The molecule has 0 saturated heterocycles. The Morgan fingerprint density at radius 1 is 1.14 bits per heavy atom. The van der Waals surface area contributed by atoms with E-state index >= 15 is 0 Å². The number of fused-ring (bicyclic) bond motifs is 4. The topological polar surface area (TPSA) is 80.7 Å². The number of nitrogens with zero attached hydrogens (tertiary/aromatic N) is 2. The van der Waals surface area contributed by atoms with Crippen molar-refractivity contribution in [3.63, 3.8) is 0 Å². The van der Waals surface area contributed by atoms with Gasteiger partial charge in [0.2, 0.25) is 5.95 Å². The Labute approximate surface area is 162 Å². The lowest BCUT2D eigenvalue weighted by Crippen LogP contribution is -2.30. The Kier molecular flexibility index (Phi) is 3.60. The van der Waals surface area contributed by atoms with Gasteiger partial charge in [-0.15, -0.1) is 0 Å². The lowest BCUT2D eigenvalue weighted by atomic mass is 9.81. The number of rotatable bonds is 1. The molecule has 0 aliphatic carbocycles. The van der Waals surface area contributed by atoms with Crippen LogP contribution in [0.5, 0.6) is 17.2 Å². The third kappa shape index (κ3) is 2.37. The number of nitrogens with two attached hydrogens (primary N) is 1. The third-order valence-electron chi connectivity index (χ3n) is 4.91. The van der Waals surface area contributed by atoms with Crippen molar-refractivity contribution < 1.29 is 18.6 Å². The number of amidine groups is 1. The van der Waals surface area contributed by atoms with Gasteiger partial charge in [0, 0.05) is 34.7 Å². The number of phenolic OH excluding ortho intramolecular Hbond substituents is 1. The van der Waals surface area contributed by atoms with Crippen molar-refractivity contribution in [3.8, 4) is 28.4 Å². The van der Waals surface area contributed by atoms with Crippen LogP contribution in [-0.4, -0.2) is 21.0 Å². The van der Waals surface area contributed by atoms with Gasteiger partial charge < -0.3 is 15.6 Å². The first-order chi connectivity index (χ1) is 13.5. The lowest BCUT2D eigenvalue weighted by Gasteiger charge is -2.34. The Balaban J connectivity index is 1.78. The van der Waals surface area contributed by atoms with E-state index in [0.29, 0.717) is 38.9 Å². The molecule has 3 heterocycles. The number of benzene rings is 2. The van der Waals surface area contributed by atoms with Gasteiger partial charge in [0.15, 0.2) is 16.7 Å². The number of halogens is 2.